The van der Waals surface area contributed by atoms with E-state index in [1.54, 1.807) is 0 Å². The summed E-state index contributed by atoms with van der Waals surface area (Å²) in [5.74, 6) is -1.86. The highest BCUT2D eigenvalue weighted by molar-refractivity contribution is 5.83. The predicted octanol–water partition coefficient (Wildman–Crippen LogP) is 4.20. The number of hydrogen-bond donors (Lipinski definition) is 0. The van der Waals surface area contributed by atoms with Gasteiger partial charge in [0.25, 0.3) is 6.43 Å². The molecule has 1 aromatic carbocycles. The molecule has 154 valence electrons. The zero-order valence-corrected chi connectivity index (χ0v) is 14.9. The fourth-order valence-corrected chi connectivity index (χ4v) is 2.74. The number of nitrogens with zero attached hydrogens (tertiary/aromatic N) is 4. The summed E-state index contributed by atoms with van der Waals surface area (Å²) in [7, 11) is 1.02. The van der Waals surface area contributed by atoms with Crippen LogP contribution in [0.1, 0.15) is 12.0 Å². The third-order valence-electron chi connectivity index (χ3n) is 4.19. The van der Waals surface area contributed by atoms with Gasteiger partial charge >= 0.3 is 6.18 Å². The van der Waals surface area contributed by atoms with Crippen LogP contribution >= 0.6 is 0 Å². The molecule has 11 heteroatoms. The van der Waals surface area contributed by atoms with Crippen LogP contribution in [-0.4, -0.2) is 45.3 Å². The molecule has 0 atom stereocenters. The molecule has 0 unspecified atom stereocenters. The SMILES string of the molecule is CN(CC(F)(F)F)C(=O)Cn1ncc2ncc(-c3ccc(F)c(C(F)F)c3)cc21. The van der Waals surface area contributed by atoms with Crippen molar-refractivity contribution in [1.29, 1.82) is 0 Å². The predicted molar refractivity (Wildman–Crippen MR) is 91.6 cm³/mol. The second-order valence-corrected chi connectivity index (χ2v) is 6.33. The molecule has 0 bridgehead atoms. The number of amides is 1. The van der Waals surface area contributed by atoms with Crippen molar-refractivity contribution in [3.05, 3.63) is 48.0 Å². The van der Waals surface area contributed by atoms with Crippen LogP contribution in [0.3, 0.4) is 0 Å². The number of pyridine rings is 1. The first kappa shape index (κ1) is 20.6. The van der Waals surface area contributed by atoms with Gasteiger partial charge in [-0.1, -0.05) is 6.07 Å². The Morgan fingerprint density at radius 2 is 1.90 bits per heavy atom. The van der Waals surface area contributed by atoms with E-state index >= 15 is 0 Å². The number of fused-ring (bicyclic) bond motifs is 1. The Labute approximate surface area is 160 Å². The fourth-order valence-electron chi connectivity index (χ4n) is 2.74. The molecule has 0 aliphatic heterocycles. The third kappa shape index (κ3) is 4.66. The second-order valence-electron chi connectivity index (χ2n) is 6.33. The summed E-state index contributed by atoms with van der Waals surface area (Å²) in [5, 5.41) is 3.95. The van der Waals surface area contributed by atoms with Crippen LogP contribution < -0.4 is 0 Å². The molecule has 0 N–H and O–H groups in total. The minimum Gasteiger partial charge on any atom is -0.335 e. The number of likely N-dealkylation sites (N-methyl/N-ethyl adjacent to an activating group) is 1. The van der Waals surface area contributed by atoms with Crippen molar-refractivity contribution in [3.63, 3.8) is 0 Å². The van der Waals surface area contributed by atoms with Crippen LogP contribution in [0.4, 0.5) is 26.3 Å². The van der Waals surface area contributed by atoms with Gasteiger partial charge in [0.1, 0.15) is 24.4 Å². The molecule has 0 fully saturated rings. The van der Waals surface area contributed by atoms with Crippen LogP contribution in [0.5, 0.6) is 0 Å². The Hall–Kier alpha value is -3.11. The van der Waals surface area contributed by atoms with Gasteiger partial charge in [0.2, 0.25) is 5.91 Å². The maximum Gasteiger partial charge on any atom is 0.406 e. The zero-order valence-electron chi connectivity index (χ0n) is 14.9. The van der Waals surface area contributed by atoms with E-state index in [1.807, 2.05) is 0 Å². The van der Waals surface area contributed by atoms with Crippen LogP contribution in [0.25, 0.3) is 22.2 Å². The van der Waals surface area contributed by atoms with Gasteiger partial charge in [-0.2, -0.15) is 18.3 Å². The molecule has 2 aromatic heterocycles. The first-order valence-electron chi connectivity index (χ1n) is 8.25. The quantitative estimate of drug-likeness (QED) is 0.586. The fraction of sp³-hybridized carbons (Fsp3) is 0.278. The van der Waals surface area contributed by atoms with E-state index in [2.05, 4.69) is 10.1 Å². The standard InChI is InChI=1S/C18H14F6N4O/c1-27(9-18(22,23)24)16(29)8-28-15-5-11(6-25-14(15)7-26-28)10-2-3-13(19)12(4-10)17(20)21/h2-7,17H,8-9H2,1H3. The molecule has 0 saturated heterocycles. The van der Waals surface area contributed by atoms with E-state index in [0.29, 0.717) is 21.5 Å². The molecule has 5 nitrogen and oxygen atoms in total. The van der Waals surface area contributed by atoms with E-state index in [9.17, 15) is 31.1 Å². The van der Waals surface area contributed by atoms with Crippen molar-refractivity contribution in [3.8, 4) is 11.1 Å². The van der Waals surface area contributed by atoms with E-state index in [1.165, 1.54) is 29.2 Å². The Balaban J connectivity index is 1.91. The molecular weight excluding hydrogens is 402 g/mol. The van der Waals surface area contributed by atoms with Crippen LogP contribution in [0.15, 0.2) is 36.7 Å². The first-order chi connectivity index (χ1) is 13.5. The molecule has 3 rings (SSSR count). The van der Waals surface area contributed by atoms with Crippen molar-refractivity contribution >= 4 is 16.9 Å². The lowest BCUT2D eigenvalue weighted by Crippen LogP contribution is -2.37. The molecule has 0 radical (unpaired) electrons. The van der Waals surface area contributed by atoms with Crippen molar-refractivity contribution in [1.82, 2.24) is 19.7 Å². The Morgan fingerprint density at radius 1 is 1.17 bits per heavy atom. The highest BCUT2D eigenvalue weighted by Gasteiger charge is 2.31. The number of alkyl halides is 5. The number of benzene rings is 1. The maximum atomic E-state index is 13.5. The number of aromatic nitrogens is 3. The van der Waals surface area contributed by atoms with Gasteiger partial charge in [-0.3, -0.25) is 14.5 Å². The largest absolute Gasteiger partial charge is 0.406 e. The smallest absolute Gasteiger partial charge is 0.335 e. The lowest BCUT2D eigenvalue weighted by Gasteiger charge is -2.19. The number of rotatable bonds is 5. The molecule has 3 aromatic rings. The van der Waals surface area contributed by atoms with Gasteiger partial charge in [0.15, 0.2) is 0 Å². The number of hydrogen-bond acceptors (Lipinski definition) is 3. The van der Waals surface area contributed by atoms with Crippen molar-refractivity contribution in [2.45, 2.75) is 19.1 Å². The van der Waals surface area contributed by atoms with Gasteiger partial charge in [0.05, 0.1) is 17.3 Å². The second kappa shape index (κ2) is 7.72. The summed E-state index contributed by atoms with van der Waals surface area (Å²) in [6, 6.07) is 4.70. The van der Waals surface area contributed by atoms with Gasteiger partial charge in [-0.25, -0.2) is 13.2 Å². The average Bonchev–Trinajstić information content (AvgIpc) is 3.02. The first-order valence-corrected chi connectivity index (χ1v) is 8.25. The summed E-state index contributed by atoms with van der Waals surface area (Å²) in [6.45, 7) is -1.87. The number of carbonyl (C=O) groups is 1. The minimum atomic E-state index is -4.53. The molecule has 2 heterocycles. The molecule has 0 aliphatic rings. The van der Waals surface area contributed by atoms with Gasteiger partial charge in [-0.05, 0) is 23.8 Å². The summed E-state index contributed by atoms with van der Waals surface area (Å²) in [4.78, 5) is 16.7. The van der Waals surface area contributed by atoms with Crippen LogP contribution in [-0.2, 0) is 11.3 Å². The summed E-state index contributed by atoms with van der Waals surface area (Å²) < 4.78 is 77.9. The Morgan fingerprint density at radius 3 is 2.55 bits per heavy atom. The normalized spacial score (nSPS) is 12.0. The minimum absolute atomic E-state index is 0.268. The van der Waals surface area contributed by atoms with E-state index in [4.69, 9.17) is 0 Å². The topological polar surface area (TPSA) is 51.0 Å². The number of carbonyl (C=O) groups excluding carboxylic acids is 1. The summed E-state index contributed by atoms with van der Waals surface area (Å²) >= 11 is 0. The van der Waals surface area contributed by atoms with E-state index in [0.717, 1.165) is 19.2 Å². The van der Waals surface area contributed by atoms with Crippen LogP contribution in [0.2, 0.25) is 0 Å². The Bertz CT molecular complexity index is 1050. The highest BCUT2D eigenvalue weighted by Crippen LogP contribution is 2.29. The van der Waals surface area contributed by atoms with Crippen molar-refractivity contribution in [2.24, 2.45) is 0 Å². The molecule has 0 spiro atoms. The van der Waals surface area contributed by atoms with Crippen LogP contribution in [0, 0.1) is 5.82 Å². The van der Waals surface area contributed by atoms with Gasteiger partial charge in [-0.15, -0.1) is 0 Å². The van der Waals surface area contributed by atoms with Crippen molar-refractivity contribution in [2.75, 3.05) is 13.6 Å². The van der Waals surface area contributed by atoms with E-state index in [-0.39, 0.29) is 5.56 Å². The lowest BCUT2D eigenvalue weighted by molar-refractivity contribution is -0.158. The van der Waals surface area contributed by atoms with Gasteiger partial charge < -0.3 is 4.90 Å². The maximum absolute atomic E-state index is 13.5. The highest BCUT2D eigenvalue weighted by atomic mass is 19.4. The zero-order chi connectivity index (χ0) is 21.3. The number of halogens is 6. The Kier molecular flexibility index (Phi) is 5.49. The molecule has 0 aliphatic carbocycles. The molecule has 1 amide bonds. The summed E-state index contributed by atoms with van der Waals surface area (Å²) in [6.07, 6.45) is -4.84. The monoisotopic (exact) mass is 416 g/mol. The lowest BCUT2D eigenvalue weighted by atomic mass is 10.0. The third-order valence-corrected chi connectivity index (χ3v) is 4.19. The average molecular weight is 416 g/mol. The molecule has 0 saturated carbocycles. The summed E-state index contributed by atoms with van der Waals surface area (Å²) in [5.41, 5.74) is 0.539. The molecule has 29 heavy (non-hydrogen) atoms. The van der Waals surface area contributed by atoms with Gasteiger partial charge in [0, 0.05) is 18.8 Å². The van der Waals surface area contributed by atoms with Crippen molar-refractivity contribution < 1.29 is 31.1 Å². The molecular formula is C18H14F6N4O. The van der Waals surface area contributed by atoms with E-state index < -0.39 is 43.0 Å².